The van der Waals surface area contributed by atoms with Crippen molar-refractivity contribution in [2.45, 2.75) is 32.6 Å². The fraction of sp³-hybridized carbons (Fsp3) is 0.500. The van der Waals surface area contributed by atoms with Gasteiger partial charge in [-0.1, -0.05) is 49.8 Å². The minimum Gasteiger partial charge on any atom is -0.236 e. The van der Waals surface area contributed by atoms with Crippen LogP contribution in [0, 0.1) is 0 Å². The lowest BCUT2D eigenvalue weighted by Crippen LogP contribution is -1.71. The Morgan fingerprint density at radius 1 is 0.923 bits per heavy atom. The van der Waals surface area contributed by atoms with Crippen LogP contribution in [0.3, 0.4) is 0 Å². The molecule has 0 saturated heterocycles. The third-order valence-electron chi connectivity index (χ3n) is 1.56. The fourth-order valence-electron chi connectivity index (χ4n) is 0.859. The van der Waals surface area contributed by atoms with Crippen LogP contribution < -0.4 is 0 Å². The van der Waals surface area contributed by atoms with Gasteiger partial charge in [-0.05, 0) is 19.3 Å². The molecule has 0 heterocycles. The van der Waals surface area contributed by atoms with Gasteiger partial charge < -0.3 is 0 Å². The Labute approximate surface area is 81.5 Å². The molecule has 0 aromatic rings. The highest BCUT2D eigenvalue weighted by Crippen LogP contribution is 1.92. The Balaban J connectivity index is 3.30. The van der Waals surface area contributed by atoms with Gasteiger partial charge in [-0.25, -0.2) is 5.11 Å². The van der Waals surface area contributed by atoms with Crippen LogP contribution in [0.2, 0.25) is 0 Å². The highest BCUT2D eigenvalue weighted by atomic mass is 16.2. The normalized spacial score (nSPS) is 12.5. The maximum absolute atomic E-state index is 10.1. The first kappa shape index (κ1) is 12.2. The lowest BCUT2D eigenvalue weighted by atomic mass is 10.3. The summed E-state index contributed by atoms with van der Waals surface area (Å²) in [5, 5.41) is 10.1. The van der Waals surface area contributed by atoms with E-state index in [1.54, 1.807) is 0 Å². The van der Waals surface area contributed by atoms with Gasteiger partial charge in [0.1, 0.15) is 0 Å². The van der Waals surface area contributed by atoms with Crippen LogP contribution in [-0.2, 0) is 5.11 Å². The zero-order chi connectivity index (χ0) is 9.78. The molecule has 0 bridgehead atoms. The third kappa shape index (κ3) is 11.2. The van der Waals surface area contributed by atoms with Crippen LogP contribution in [0.1, 0.15) is 32.6 Å². The van der Waals surface area contributed by atoms with E-state index >= 15 is 0 Å². The quantitative estimate of drug-likeness (QED) is 0.420. The van der Waals surface area contributed by atoms with Gasteiger partial charge in [0, 0.05) is 0 Å². The zero-order valence-corrected chi connectivity index (χ0v) is 8.41. The summed E-state index contributed by atoms with van der Waals surface area (Å²) < 4.78 is 0. The van der Waals surface area contributed by atoms with E-state index in [4.69, 9.17) is 0 Å². The Hall–Kier alpha value is -0.820. The van der Waals surface area contributed by atoms with Crippen LogP contribution in [0.25, 0.3) is 0 Å². The van der Waals surface area contributed by atoms with Gasteiger partial charge in [-0.2, -0.15) is 0 Å². The molecule has 0 atom stereocenters. The van der Waals surface area contributed by atoms with Crippen molar-refractivity contribution < 1.29 is 5.11 Å². The fourth-order valence-corrected chi connectivity index (χ4v) is 0.859. The molecular formula is C12H19O. The summed E-state index contributed by atoms with van der Waals surface area (Å²) in [7, 11) is 0. The molecule has 0 aromatic carbocycles. The van der Waals surface area contributed by atoms with Gasteiger partial charge in [0.25, 0.3) is 0 Å². The molecule has 1 radical (unpaired) electrons. The Morgan fingerprint density at radius 2 is 1.69 bits per heavy atom. The minimum absolute atomic E-state index is 0.00336. The van der Waals surface area contributed by atoms with Crippen molar-refractivity contribution in [1.29, 1.82) is 0 Å². The summed E-state index contributed by atoms with van der Waals surface area (Å²) in [5.41, 5.74) is 0. The Bertz CT molecular complexity index is 166. The van der Waals surface area contributed by atoms with Gasteiger partial charge in [0.05, 0.1) is 6.61 Å². The molecule has 0 aliphatic heterocycles. The first-order chi connectivity index (χ1) is 6.41. The summed E-state index contributed by atoms with van der Waals surface area (Å²) in [6, 6.07) is 0. The van der Waals surface area contributed by atoms with E-state index < -0.39 is 0 Å². The number of unbranched alkanes of at least 4 members (excludes halogenated alkanes) is 1. The second kappa shape index (κ2) is 11.2. The van der Waals surface area contributed by atoms with E-state index in [9.17, 15) is 5.11 Å². The van der Waals surface area contributed by atoms with Crippen LogP contribution in [0.4, 0.5) is 0 Å². The molecule has 0 aliphatic rings. The first-order valence-corrected chi connectivity index (χ1v) is 4.96. The van der Waals surface area contributed by atoms with E-state index in [-0.39, 0.29) is 6.61 Å². The van der Waals surface area contributed by atoms with Crippen molar-refractivity contribution >= 4 is 0 Å². The van der Waals surface area contributed by atoms with Crippen LogP contribution in [0.15, 0.2) is 36.5 Å². The molecular weight excluding hydrogens is 160 g/mol. The number of hydrogen-bond donors (Lipinski definition) is 0. The largest absolute Gasteiger partial charge is 0.236 e. The highest BCUT2D eigenvalue weighted by Gasteiger charge is 1.74. The molecule has 1 nitrogen and oxygen atoms in total. The molecule has 0 N–H and O–H groups in total. The van der Waals surface area contributed by atoms with Gasteiger partial charge in [-0.15, -0.1) is 0 Å². The van der Waals surface area contributed by atoms with Crippen LogP contribution in [-0.4, -0.2) is 6.61 Å². The van der Waals surface area contributed by atoms with E-state index in [0.717, 1.165) is 12.8 Å². The van der Waals surface area contributed by atoms with Crippen molar-refractivity contribution in [1.82, 2.24) is 0 Å². The molecule has 0 aliphatic carbocycles. The molecule has 0 saturated carbocycles. The van der Waals surface area contributed by atoms with E-state index in [0.29, 0.717) is 6.42 Å². The predicted molar refractivity (Wildman–Crippen MR) is 57.1 cm³/mol. The zero-order valence-electron chi connectivity index (χ0n) is 8.41. The van der Waals surface area contributed by atoms with Gasteiger partial charge >= 0.3 is 0 Å². The summed E-state index contributed by atoms with van der Waals surface area (Å²) in [5.74, 6) is 0. The summed E-state index contributed by atoms with van der Waals surface area (Å²) >= 11 is 0. The second-order valence-corrected chi connectivity index (χ2v) is 2.84. The van der Waals surface area contributed by atoms with Gasteiger partial charge in [-0.3, -0.25) is 0 Å². The molecule has 0 unspecified atom stereocenters. The van der Waals surface area contributed by atoms with Crippen molar-refractivity contribution in [3.8, 4) is 0 Å². The second-order valence-electron chi connectivity index (χ2n) is 2.84. The summed E-state index contributed by atoms with van der Waals surface area (Å²) in [6.45, 7) is 2.16. The van der Waals surface area contributed by atoms with Crippen LogP contribution in [0.5, 0.6) is 0 Å². The molecule has 0 aromatic heterocycles. The molecule has 0 rings (SSSR count). The molecule has 73 valence electrons. The Kier molecular flexibility index (Phi) is 10.5. The smallest absolute Gasteiger partial charge is 0.0856 e. The summed E-state index contributed by atoms with van der Waals surface area (Å²) in [6.07, 6.45) is 16.3. The molecule has 1 heteroatoms. The molecule has 13 heavy (non-hydrogen) atoms. The van der Waals surface area contributed by atoms with Crippen molar-refractivity contribution in [3.63, 3.8) is 0 Å². The van der Waals surface area contributed by atoms with E-state index in [2.05, 4.69) is 31.2 Å². The maximum Gasteiger partial charge on any atom is 0.0856 e. The topological polar surface area (TPSA) is 19.9 Å². The SMILES string of the molecule is CCC/C=C/C=C/C/C=C/CC[O]. The minimum atomic E-state index is -0.00336. The van der Waals surface area contributed by atoms with Gasteiger partial charge in [0.15, 0.2) is 0 Å². The lowest BCUT2D eigenvalue weighted by Gasteiger charge is -1.82. The van der Waals surface area contributed by atoms with Crippen LogP contribution >= 0.6 is 0 Å². The number of rotatable bonds is 7. The lowest BCUT2D eigenvalue weighted by molar-refractivity contribution is 0.199. The first-order valence-electron chi connectivity index (χ1n) is 4.96. The average Bonchev–Trinajstić information content (AvgIpc) is 2.16. The van der Waals surface area contributed by atoms with Gasteiger partial charge in [0.2, 0.25) is 0 Å². The van der Waals surface area contributed by atoms with Crippen molar-refractivity contribution in [2.24, 2.45) is 0 Å². The maximum atomic E-state index is 10.1. The molecule has 0 fully saturated rings. The van der Waals surface area contributed by atoms with Crippen molar-refractivity contribution in [2.75, 3.05) is 6.61 Å². The summed E-state index contributed by atoms with van der Waals surface area (Å²) in [4.78, 5) is 0. The monoisotopic (exact) mass is 179 g/mol. The highest BCUT2D eigenvalue weighted by molar-refractivity contribution is 5.04. The molecule has 0 amide bonds. The standard InChI is InChI=1S/C12H19O/c1-2-3-4-5-6-7-8-9-10-11-12-13/h4-7,9-10H,2-3,8,11-12H2,1H3/b5-4+,7-6+,10-9+. The predicted octanol–water partition coefficient (Wildman–Crippen LogP) is 3.67. The number of allylic oxidation sites excluding steroid dienone is 5. The van der Waals surface area contributed by atoms with E-state index in [1.807, 2.05) is 12.2 Å². The average molecular weight is 179 g/mol. The molecule has 0 spiro atoms. The third-order valence-corrected chi connectivity index (χ3v) is 1.56. The van der Waals surface area contributed by atoms with E-state index in [1.165, 1.54) is 6.42 Å². The van der Waals surface area contributed by atoms with Crippen molar-refractivity contribution in [3.05, 3.63) is 36.5 Å². The Morgan fingerprint density at radius 3 is 2.38 bits per heavy atom. The number of hydrogen-bond acceptors (Lipinski definition) is 0.